The Hall–Kier alpha value is -2.76. The van der Waals surface area contributed by atoms with Crippen LogP contribution in [0.3, 0.4) is 0 Å². The van der Waals surface area contributed by atoms with Crippen LogP contribution in [0.1, 0.15) is 22.6 Å². The van der Waals surface area contributed by atoms with Crippen molar-refractivity contribution in [3.8, 4) is 0 Å². The molecule has 1 N–H and O–H groups in total. The lowest BCUT2D eigenvalue weighted by Gasteiger charge is -2.18. The van der Waals surface area contributed by atoms with Crippen molar-refractivity contribution in [1.29, 1.82) is 0 Å². The van der Waals surface area contributed by atoms with Gasteiger partial charge >= 0.3 is 0 Å². The van der Waals surface area contributed by atoms with Gasteiger partial charge < -0.3 is 10.2 Å². The molecule has 1 fully saturated rings. The van der Waals surface area contributed by atoms with E-state index in [2.05, 4.69) is 5.32 Å². The van der Waals surface area contributed by atoms with Gasteiger partial charge in [0.2, 0.25) is 11.8 Å². The molecule has 0 radical (unpaired) electrons. The zero-order chi connectivity index (χ0) is 19.0. The lowest BCUT2D eigenvalue weighted by molar-refractivity contribution is -0.135. The number of carbonyl (C=O) groups is 2. The summed E-state index contributed by atoms with van der Waals surface area (Å²) in [5.74, 6) is -4.48. The quantitative estimate of drug-likeness (QED) is 0.855. The molecule has 3 rings (SSSR count). The molecule has 0 spiro atoms. The third kappa shape index (κ3) is 3.19. The number of hydrogen-bond acceptors (Lipinski definition) is 2. The van der Waals surface area contributed by atoms with E-state index in [0.29, 0.717) is 6.54 Å². The zero-order valence-corrected chi connectivity index (χ0v) is 14.8. The highest BCUT2D eigenvalue weighted by atomic mass is 19.2. The molecule has 4 nitrogen and oxygen atoms in total. The van der Waals surface area contributed by atoms with Crippen molar-refractivity contribution < 1.29 is 18.4 Å². The van der Waals surface area contributed by atoms with Crippen molar-refractivity contribution >= 4 is 17.5 Å². The minimum absolute atomic E-state index is 0.267. The topological polar surface area (TPSA) is 49.4 Å². The molecule has 0 aromatic heterocycles. The van der Waals surface area contributed by atoms with Crippen LogP contribution in [0.4, 0.5) is 14.5 Å². The van der Waals surface area contributed by atoms with Crippen LogP contribution in [0.25, 0.3) is 0 Å². The zero-order valence-electron chi connectivity index (χ0n) is 14.8. The van der Waals surface area contributed by atoms with E-state index < -0.39 is 23.5 Å². The second-order valence-electron chi connectivity index (χ2n) is 6.74. The highest BCUT2D eigenvalue weighted by Gasteiger charge is 2.44. The Morgan fingerprint density at radius 1 is 1.15 bits per heavy atom. The molecule has 2 aromatic carbocycles. The Balaban J connectivity index is 1.91. The molecule has 0 saturated carbocycles. The summed E-state index contributed by atoms with van der Waals surface area (Å²) < 4.78 is 27.2. The number of aryl methyl sites for hydroxylation is 2. The van der Waals surface area contributed by atoms with Crippen LogP contribution in [0.5, 0.6) is 0 Å². The second-order valence-corrected chi connectivity index (χ2v) is 6.74. The van der Waals surface area contributed by atoms with Gasteiger partial charge in [0.15, 0.2) is 11.6 Å². The standard InChI is InChI=1S/C20H20F2N2O2/c1-11-7-8-13(9-12(11)2)14-10-24(3)20(26)17(14)19(25)23-16-6-4-5-15(21)18(16)22/h4-9,14,17H,10H2,1-3H3,(H,23,25)/t14-,17+/m1/s1. The minimum Gasteiger partial charge on any atom is -0.344 e. The van der Waals surface area contributed by atoms with Crippen LogP contribution < -0.4 is 5.32 Å². The third-order valence-corrected chi connectivity index (χ3v) is 4.97. The predicted octanol–water partition coefficient (Wildman–Crippen LogP) is 3.39. The molecule has 1 aliphatic rings. The molecular weight excluding hydrogens is 338 g/mol. The van der Waals surface area contributed by atoms with E-state index in [0.717, 1.165) is 22.8 Å². The van der Waals surface area contributed by atoms with Crippen LogP contribution in [0.2, 0.25) is 0 Å². The molecule has 2 amide bonds. The Kier molecular flexibility index (Phi) is 4.76. The number of hydrogen-bond donors (Lipinski definition) is 1. The molecule has 0 unspecified atom stereocenters. The number of carbonyl (C=O) groups excluding carboxylic acids is 2. The summed E-state index contributed by atoms with van der Waals surface area (Å²) in [5, 5.41) is 2.37. The lowest BCUT2D eigenvalue weighted by Crippen LogP contribution is -2.33. The smallest absolute Gasteiger partial charge is 0.237 e. The van der Waals surface area contributed by atoms with Gasteiger partial charge in [-0.15, -0.1) is 0 Å². The number of likely N-dealkylation sites (N-methyl/N-ethyl adjacent to an activating group) is 1. The van der Waals surface area contributed by atoms with Crippen LogP contribution in [-0.2, 0) is 9.59 Å². The number of likely N-dealkylation sites (tertiary alicyclic amines) is 1. The van der Waals surface area contributed by atoms with Crippen molar-refractivity contribution in [1.82, 2.24) is 4.90 Å². The van der Waals surface area contributed by atoms with Crippen LogP contribution >= 0.6 is 0 Å². The van der Waals surface area contributed by atoms with E-state index in [-0.39, 0.29) is 17.5 Å². The first-order valence-corrected chi connectivity index (χ1v) is 8.36. The Bertz CT molecular complexity index is 882. The third-order valence-electron chi connectivity index (χ3n) is 4.97. The molecular formula is C20H20F2N2O2. The average Bonchev–Trinajstić information content (AvgIpc) is 2.89. The maximum Gasteiger partial charge on any atom is 0.237 e. The van der Waals surface area contributed by atoms with E-state index in [9.17, 15) is 18.4 Å². The molecule has 6 heteroatoms. The summed E-state index contributed by atoms with van der Waals surface area (Å²) in [6.07, 6.45) is 0. The lowest BCUT2D eigenvalue weighted by atomic mass is 9.86. The van der Waals surface area contributed by atoms with Gasteiger partial charge in [0.05, 0.1) is 5.69 Å². The fourth-order valence-corrected chi connectivity index (χ4v) is 3.30. The number of amides is 2. The van der Waals surface area contributed by atoms with Crippen LogP contribution in [-0.4, -0.2) is 30.3 Å². The van der Waals surface area contributed by atoms with Crippen LogP contribution in [0.15, 0.2) is 36.4 Å². The molecule has 1 heterocycles. The maximum atomic E-state index is 13.9. The highest BCUT2D eigenvalue weighted by molar-refractivity contribution is 6.08. The molecule has 0 bridgehead atoms. The van der Waals surface area contributed by atoms with Gasteiger partial charge in [-0.25, -0.2) is 8.78 Å². The summed E-state index contributed by atoms with van der Waals surface area (Å²) in [4.78, 5) is 26.7. The molecule has 1 aliphatic heterocycles. The second kappa shape index (κ2) is 6.86. The largest absolute Gasteiger partial charge is 0.344 e. The number of nitrogens with zero attached hydrogens (tertiary/aromatic N) is 1. The van der Waals surface area contributed by atoms with E-state index in [1.165, 1.54) is 17.0 Å². The first-order chi connectivity index (χ1) is 12.3. The van der Waals surface area contributed by atoms with E-state index in [1.54, 1.807) is 7.05 Å². The molecule has 0 aliphatic carbocycles. The van der Waals surface area contributed by atoms with Crippen molar-refractivity contribution in [2.75, 3.05) is 18.9 Å². The highest BCUT2D eigenvalue weighted by Crippen LogP contribution is 2.35. The number of anilines is 1. The minimum atomic E-state index is -1.14. The van der Waals surface area contributed by atoms with Crippen molar-refractivity contribution in [3.05, 3.63) is 64.7 Å². The first kappa shape index (κ1) is 18.0. The SMILES string of the molecule is Cc1ccc([C@H]2CN(C)C(=O)[C@@H]2C(=O)Nc2cccc(F)c2F)cc1C. The van der Waals surface area contributed by atoms with Gasteiger partial charge in [-0.2, -0.15) is 0 Å². The predicted molar refractivity (Wildman–Crippen MR) is 94.8 cm³/mol. The fourth-order valence-electron chi connectivity index (χ4n) is 3.30. The summed E-state index contributed by atoms with van der Waals surface area (Å²) in [6.45, 7) is 4.35. The molecule has 2 aromatic rings. The number of nitrogens with one attached hydrogen (secondary N) is 1. The Morgan fingerprint density at radius 2 is 1.88 bits per heavy atom. The Labute approximate surface area is 150 Å². The average molecular weight is 358 g/mol. The number of rotatable bonds is 3. The van der Waals surface area contributed by atoms with Crippen molar-refractivity contribution in [3.63, 3.8) is 0 Å². The van der Waals surface area contributed by atoms with Crippen molar-refractivity contribution in [2.45, 2.75) is 19.8 Å². The molecule has 2 atom stereocenters. The first-order valence-electron chi connectivity index (χ1n) is 8.36. The van der Waals surface area contributed by atoms with E-state index >= 15 is 0 Å². The van der Waals surface area contributed by atoms with Crippen molar-refractivity contribution in [2.24, 2.45) is 5.92 Å². The van der Waals surface area contributed by atoms with Gasteiger partial charge in [-0.3, -0.25) is 9.59 Å². The Morgan fingerprint density at radius 3 is 2.58 bits per heavy atom. The fraction of sp³-hybridized carbons (Fsp3) is 0.300. The summed E-state index contributed by atoms with van der Waals surface area (Å²) >= 11 is 0. The van der Waals surface area contributed by atoms with E-state index in [4.69, 9.17) is 0 Å². The number of benzene rings is 2. The molecule has 26 heavy (non-hydrogen) atoms. The van der Waals surface area contributed by atoms with Crippen LogP contribution in [0, 0.1) is 31.4 Å². The normalized spacial score (nSPS) is 19.7. The van der Waals surface area contributed by atoms with E-state index in [1.807, 2.05) is 32.0 Å². The maximum absolute atomic E-state index is 13.9. The molecule has 1 saturated heterocycles. The van der Waals surface area contributed by atoms with Gasteiger partial charge in [0.25, 0.3) is 0 Å². The number of halogens is 2. The van der Waals surface area contributed by atoms with Gasteiger partial charge in [-0.1, -0.05) is 24.3 Å². The summed E-state index contributed by atoms with van der Waals surface area (Å²) in [5.41, 5.74) is 2.80. The van der Waals surface area contributed by atoms with Gasteiger partial charge in [-0.05, 0) is 42.7 Å². The monoisotopic (exact) mass is 358 g/mol. The summed E-state index contributed by atoms with van der Waals surface area (Å²) in [7, 11) is 1.63. The summed E-state index contributed by atoms with van der Waals surface area (Å²) in [6, 6.07) is 9.37. The van der Waals surface area contributed by atoms with Gasteiger partial charge in [0.1, 0.15) is 5.92 Å². The molecule has 136 valence electrons. The van der Waals surface area contributed by atoms with Gasteiger partial charge in [0, 0.05) is 19.5 Å².